The number of hydrogen-bond donors (Lipinski definition) is 1. The highest BCUT2D eigenvalue weighted by atomic mass is 16.5. The van der Waals surface area contributed by atoms with Crippen molar-refractivity contribution in [1.29, 1.82) is 0 Å². The van der Waals surface area contributed by atoms with Crippen molar-refractivity contribution in [2.45, 2.75) is 32.7 Å². The van der Waals surface area contributed by atoms with Crippen molar-refractivity contribution < 1.29 is 14.6 Å². The van der Waals surface area contributed by atoms with Gasteiger partial charge in [-0.15, -0.1) is 5.10 Å². The van der Waals surface area contributed by atoms with Crippen molar-refractivity contribution in [1.82, 2.24) is 15.0 Å². The maximum absolute atomic E-state index is 11.3. The maximum Gasteiger partial charge on any atom is 0.358 e. The van der Waals surface area contributed by atoms with Crippen LogP contribution in [0.5, 0.6) is 5.75 Å². The van der Waals surface area contributed by atoms with Gasteiger partial charge in [0.1, 0.15) is 5.75 Å². The van der Waals surface area contributed by atoms with Crippen LogP contribution in [0.2, 0.25) is 0 Å². The Morgan fingerprint density at radius 2 is 2.05 bits per heavy atom. The molecule has 6 nitrogen and oxygen atoms in total. The second-order valence-corrected chi connectivity index (χ2v) is 4.79. The Hall–Kier alpha value is -2.37. The summed E-state index contributed by atoms with van der Waals surface area (Å²) >= 11 is 0. The molecule has 0 aliphatic rings. The topological polar surface area (TPSA) is 77.2 Å². The number of carboxylic acid groups (broad SMARTS) is 1. The lowest BCUT2D eigenvalue weighted by Gasteiger charge is -2.07. The summed E-state index contributed by atoms with van der Waals surface area (Å²) in [6, 6.07) is 7.55. The minimum atomic E-state index is -1.04. The number of rotatable bonds is 7. The van der Waals surface area contributed by atoms with Crippen molar-refractivity contribution in [2.75, 3.05) is 7.11 Å². The van der Waals surface area contributed by atoms with Crippen molar-refractivity contribution in [3.05, 3.63) is 41.2 Å². The maximum atomic E-state index is 11.3. The minimum Gasteiger partial charge on any atom is -0.497 e. The zero-order valence-corrected chi connectivity index (χ0v) is 12.2. The summed E-state index contributed by atoms with van der Waals surface area (Å²) in [7, 11) is 1.61. The van der Waals surface area contributed by atoms with Gasteiger partial charge in [-0.05, 0) is 24.1 Å². The van der Waals surface area contributed by atoms with Gasteiger partial charge in [-0.1, -0.05) is 30.7 Å². The van der Waals surface area contributed by atoms with Crippen LogP contribution in [0.3, 0.4) is 0 Å². The first kappa shape index (κ1) is 15.0. The number of aryl methyl sites for hydroxylation is 1. The Balaban J connectivity index is 2.26. The fourth-order valence-corrected chi connectivity index (χ4v) is 2.10. The molecular formula is C15H19N3O3. The molecule has 0 saturated heterocycles. The Kier molecular flexibility index (Phi) is 4.92. The van der Waals surface area contributed by atoms with Crippen LogP contribution in [0.1, 0.15) is 41.5 Å². The summed E-state index contributed by atoms with van der Waals surface area (Å²) in [5, 5.41) is 17.0. The summed E-state index contributed by atoms with van der Waals surface area (Å²) in [5.41, 5.74) is 1.67. The Labute approximate surface area is 123 Å². The molecule has 0 aliphatic heterocycles. The molecule has 0 fully saturated rings. The number of carbonyl (C=O) groups is 1. The van der Waals surface area contributed by atoms with Gasteiger partial charge in [0.2, 0.25) is 0 Å². The number of ether oxygens (including phenoxy) is 1. The predicted molar refractivity (Wildman–Crippen MR) is 77.7 cm³/mol. The second kappa shape index (κ2) is 6.88. The molecule has 1 heterocycles. The standard InChI is InChI=1S/C15H19N3O3/c1-3-4-9-18-13(14(15(19)20)16-17-18)10-11-5-7-12(21-2)8-6-11/h5-8H,3-4,9-10H2,1-2H3,(H,19,20). The third-order valence-corrected chi connectivity index (χ3v) is 3.29. The number of methoxy groups -OCH3 is 1. The highest BCUT2D eigenvalue weighted by Crippen LogP contribution is 2.17. The Morgan fingerprint density at radius 1 is 1.33 bits per heavy atom. The molecule has 112 valence electrons. The van der Waals surface area contributed by atoms with E-state index in [1.165, 1.54) is 0 Å². The van der Waals surface area contributed by atoms with Crippen molar-refractivity contribution >= 4 is 5.97 Å². The number of aromatic carboxylic acids is 1. The van der Waals surface area contributed by atoms with Crippen LogP contribution in [0, 0.1) is 0 Å². The molecule has 1 aromatic heterocycles. The molecule has 0 unspecified atom stereocenters. The summed E-state index contributed by atoms with van der Waals surface area (Å²) < 4.78 is 6.81. The van der Waals surface area contributed by atoms with E-state index in [0.717, 1.165) is 24.2 Å². The smallest absolute Gasteiger partial charge is 0.358 e. The largest absolute Gasteiger partial charge is 0.497 e. The lowest BCUT2D eigenvalue weighted by Crippen LogP contribution is -2.09. The molecule has 0 aliphatic carbocycles. The highest BCUT2D eigenvalue weighted by Gasteiger charge is 2.18. The molecule has 0 radical (unpaired) electrons. The normalized spacial score (nSPS) is 10.6. The lowest BCUT2D eigenvalue weighted by molar-refractivity contribution is 0.0689. The van der Waals surface area contributed by atoms with Crippen LogP contribution in [0.15, 0.2) is 24.3 Å². The van der Waals surface area contributed by atoms with Gasteiger partial charge in [0.15, 0.2) is 5.69 Å². The first-order chi connectivity index (χ1) is 10.2. The molecule has 2 rings (SSSR count). The predicted octanol–water partition coefficient (Wildman–Crippen LogP) is 2.38. The lowest BCUT2D eigenvalue weighted by atomic mass is 10.1. The fraction of sp³-hybridized carbons (Fsp3) is 0.400. The molecule has 0 spiro atoms. The fourth-order valence-electron chi connectivity index (χ4n) is 2.10. The van der Waals surface area contributed by atoms with Gasteiger partial charge in [0, 0.05) is 13.0 Å². The molecule has 0 amide bonds. The summed E-state index contributed by atoms with van der Waals surface area (Å²) in [6.07, 6.45) is 2.45. The van der Waals surface area contributed by atoms with Crippen LogP contribution >= 0.6 is 0 Å². The van der Waals surface area contributed by atoms with Crippen LogP contribution in [-0.2, 0) is 13.0 Å². The van der Waals surface area contributed by atoms with Gasteiger partial charge in [0.25, 0.3) is 0 Å². The van der Waals surface area contributed by atoms with E-state index in [4.69, 9.17) is 4.74 Å². The second-order valence-electron chi connectivity index (χ2n) is 4.79. The van der Waals surface area contributed by atoms with E-state index in [-0.39, 0.29) is 5.69 Å². The molecular weight excluding hydrogens is 270 g/mol. The first-order valence-corrected chi connectivity index (χ1v) is 6.94. The quantitative estimate of drug-likeness (QED) is 0.846. The van der Waals surface area contributed by atoms with Crippen molar-refractivity contribution in [3.63, 3.8) is 0 Å². The average molecular weight is 289 g/mol. The Bertz CT molecular complexity index is 605. The zero-order valence-electron chi connectivity index (χ0n) is 12.2. The van der Waals surface area contributed by atoms with E-state index in [0.29, 0.717) is 18.7 Å². The molecule has 0 atom stereocenters. The van der Waals surface area contributed by atoms with Gasteiger partial charge >= 0.3 is 5.97 Å². The number of carboxylic acids is 1. The average Bonchev–Trinajstić information content (AvgIpc) is 2.89. The van der Waals surface area contributed by atoms with Crippen LogP contribution in [0.25, 0.3) is 0 Å². The molecule has 6 heteroatoms. The minimum absolute atomic E-state index is 0.0296. The van der Waals surface area contributed by atoms with E-state index >= 15 is 0 Å². The molecule has 1 aromatic carbocycles. The summed E-state index contributed by atoms with van der Waals surface area (Å²) in [4.78, 5) is 11.3. The molecule has 0 bridgehead atoms. The zero-order chi connectivity index (χ0) is 15.2. The SMILES string of the molecule is CCCCn1nnc(C(=O)O)c1Cc1ccc(OC)cc1. The van der Waals surface area contributed by atoms with Gasteiger partial charge in [0.05, 0.1) is 12.8 Å². The summed E-state index contributed by atoms with van der Waals surface area (Å²) in [6.45, 7) is 2.76. The van der Waals surface area contributed by atoms with Gasteiger partial charge in [-0.25, -0.2) is 9.48 Å². The van der Waals surface area contributed by atoms with E-state index in [2.05, 4.69) is 17.2 Å². The number of unbranched alkanes of at least 4 members (excludes halogenated alkanes) is 1. The van der Waals surface area contributed by atoms with Crippen LogP contribution < -0.4 is 4.74 Å². The molecule has 21 heavy (non-hydrogen) atoms. The third-order valence-electron chi connectivity index (χ3n) is 3.29. The third kappa shape index (κ3) is 3.59. The van der Waals surface area contributed by atoms with Crippen LogP contribution in [0.4, 0.5) is 0 Å². The number of benzene rings is 1. The van der Waals surface area contributed by atoms with Crippen LogP contribution in [-0.4, -0.2) is 33.2 Å². The van der Waals surface area contributed by atoms with Gasteiger partial charge in [-0.2, -0.15) is 0 Å². The van der Waals surface area contributed by atoms with Crippen molar-refractivity contribution in [2.24, 2.45) is 0 Å². The van der Waals surface area contributed by atoms with E-state index in [1.807, 2.05) is 24.3 Å². The monoisotopic (exact) mass is 289 g/mol. The number of nitrogens with zero attached hydrogens (tertiary/aromatic N) is 3. The van der Waals surface area contributed by atoms with E-state index in [1.54, 1.807) is 11.8 Å². The molecule has 0 saturated carbocycles. The highest BCUT2D eigenvalue weighted by molar-refractivity contribution is 5.86. The first-order valence-electron chi connectivity index (χ1n) is 6.94. The molecule has 1 N–H and O–H groups in total. The van der Waals surface area contributed by atoms with E-state index < -0.39 is 5.97 Å². The summed E-state index contributed by atoms with van der Waals surface area (Å²) in [5.74, 6) is -0.268. The van der Waals surface area contributed by atoms with Crippen molar-refractivity contribution in [3.8, 4) is 5.75 Å². The number of hydrogen-bond acceptors (Lipinski definition) is 4. The van der Waals surface area contributed by atoms with E-state index in [9.17, 15) is 9.90 Å². The Morgan fingerprint density at radius 3 is 2.62 bits per heavy atom. The van der Waals surface area contributed by atoms with Gasteiger partial charge in [-0.3, -0.25) is 0 Å². The van der Waals surface area contributed by atoms with Gasteiger partial charge < -0.3 is 9.84 Å². The molecule has 2 aromatic rings. The number of aromatic nitrogens is 3.